The number of hydrogen-bond acceptors (Lipinski definition) is 3. The number of piperidine rings is 1. The molecule has 0 aromatic carbocycles. The van der Waals surface area contributed by atoms with E-state index in [9.17, 15) is 13.2 Å². The van der Waals surface area contributed by atoms with Crippen molar-refractivity contribution in [1.82, 2.24) is 9.62 Å². The fourth-order valence-corrected chi connectivity index (χ4v) is 3.03. The van der Waals surface area contributed by atoms with Gasteiger partial charge in [0.15, 0.2) is 0 Å². The van der Waals surface area contributed by atoms with Crippen LogP contribution in [0.3, 0.4) is 0 Å². The quantitative estimate of drug-likeness (QED) is 0.772. The van der Waals surface area contributed by atoms with Gasteiger partial charge in [0.2, 0.25) is 15.9 Å². The van der Waals surface area contributed by atoms with Crippen LogP contribution in [0, 0.1) is 5.92 Å². The van der Waals surface area contributed by atoms with Gasteiger partial charge < -0.3 is 5.32 Å². The molecule has 1 heterocycles. The maximum absolute atomic E-state index is 11.6. The molecule has 0 bridgehead atoms. The van der Waals surface area contributed by atoms with Crippen LogP contribution < -0.4 is 5.32 Å². The average molecular weight is 248 g/mol. The topological polar surface area (TPSA) is 66.5 Å². The first-order valence-electron chi connectivity index (χ1n) is 5.76. The van der Waals surface area contributed by atoms with Crippen LogP contribution in [0.5, 0.6) is 0 Å². The summed E-state index contributed by atoms with van der Waals surface area (Å²) in [7, 11) is -3.08. The Bertz CT molecular complexity index is 332. The smallest absolute Gasteiger partial charge is 0.223 e. The Kier molecular flexibility index (Phi) is 4.73. The van der Waals surface area contributed by atoms with Crippen molar-refractivity contribution in [3.05, 3.63) is 0 Å². The Morgan fingerprint density at radius 2 is 1.88 bits per heavy atom. The highest BCUT2D eigenvalue weighted by Gasteiger charge is 2.29. The molecule has 1 N–H and O–H groups in total. The van der Waals surface area contributed by atoms with E-state index in [1.807, 2.05) is 6.92 Å². The van der Waals surface area contributed by atoms with Gasteiger partial charge in [-0.2, -0.15) is 0 Å². The summed E-state index contributed by atoms with van der Waals surface area (Å²) < 4.78 is 24.7. The van der Waals surface area contributed by atoms with E-state index in [1.165, 1.54) is 4.31 Å². The monoisotopic (exact) mass is 248 g/mol. The molecule has 0 saturated carbocycles. The van der Waals surface area contributed by atoms with Crippen molar-refractivity contribution in [2.75, 3.05) is 25.4 Å². The van der Waals surface area contributed by atoms with E-state index in [0.29, 0.717) is 32.5 Å². The first-order chi connectivity index (χ1) is 7.51. The van der Waals surface area contributed by atoms with Crippen molar-refractivity contribution in [3.63, 3.8) is 0 Å². The highest BCUT2D eigenvalue weighted by Crippen LogP contribution is 2.19. The lowest BCUT2D eigenvalue weighted by molar-refractivity contribution is -0.125. The number of carbonyl (C=O) groups is 1. The van der Waals surface area contributed by atoms with Gasteiger partial charge in [0, 0.05) is 25.6 Å². The predicted molar refractivity (Wildman–Crippen MR) is 62.4 cm³/mol. The lowest BCUT2D eigenvalue weighted by Crippen LogP contribution is -2.43. The summed E-state index contributed by atoms with van der Waals surface area (Å²) in [6, 6.07) is 0. The molecule has 0 aliphatic carbocycles. The van der Waals surface area contributed by atoms with E-state index in [4.69, 9.17) is 0 Å². The lowest BCUT2D eigenvalue weighted by Gasteiger charge is -2.30. The summed E-state index contributed by atoms with van der Waals surface area (Å²) in [6.07, 6.45) is 1.26. The number of sulfonamides is 1. The number of amides is 1. The van der Waals surface area contributed by atoms with Gasteiger partial charge >= 0.3 is 0 Å². The van der Waals surface area contributed by atoms with Gasteiger partial charge in [0.1, 0.15) is 0 Å². The largest absolute Gasteiger partial charge is 0.356 e. The molecule has 0 atom stereocenters. The van der Waals surface area contributed by atoms with E-state index in [-0.39, 0.29) is 17.6 Å². The van der Waals surface area contributed by atoms with Crippen LogP contribution in [-0.4, -0.2) is 44.0 Å². The number of hydrogen-bond donors (Lipinski definition) is 1. The van der Waals surface area contributed by atoms with Crippen molar-refractivity contribution in [2.45, 2.75) is 26.7 Å². The summed E-state index contributed by atoms with van der Waals surface area (Å²) in [5.74, 6) is 0.165. The molecule has 16 heavy (non-hydrogen) atoms. The minimum absolute atomic E-state index is 0.0248. The first kappa shape index (κ1) is 13.4. The molecule has 1 aliphatic heterocycles. The standard InChI is InChI=1S/C10H20N2O3S/c1-3-11-10(13)9-5-7-12(8-6-9)16(14,15)4-2/h9H,3-8H2,1-2H3,(H,11,13). The van der Waals surface area contributed by atoms with Crippen LogP contribution in [-0.2, 0) is 14.8 Å². The molecule has 1 fully saturated rings. The van der Waals surface area contributed by atoms with Crippen molar-refractivity contribution >= 4 is 15.9 Å². The highest BCUT2D eigenvalue weighted by molar-refractivity contribution is 7.89. The molecule has 5 nitrogen and oxygen atoms in total. The maximum atomic E-state index is 11.6. The van der Waals surface area contributed by atoms with E-state index in [0.717, 1.165) is 0 Å². The normalized spacial score (nSPS) is 19.6. The van der Waals surface area contributed by atoms with E-state index in [1.54, 1.807) is 6.92 Å². The fourth-order valence-electron chi connectivity index (χ4n) is 1.90. The molecule has 0 unspecified atom stereocenters. The molecular formula is C10H20N2O3S. The van der Waals surface area contributed by atoms with Crippen molar-refractivity contribution in [1.29, 1.82) is 0 Å². The highest BCUT2D eigenvalue weighted by atomic mass is 32.2. The third kappa shape index (κ3) is 3.18. The lowest BCUT2D eigenvalue weighted by atomic mass is 9.97. The van der Waals surface area contributed by atoms with Crippen molar-refractivity contribution < 1.29 is 13.2 Å². The maximum Gasteiger partial charge on any atom is 0.223 e. The van der Waals surface area contributed by atoms with Gasteiger partial charge in [0.05, 0.1) is 5.75 Å². The molecule has 94 valence electrons. The van der Waals surface area contributed by atoms with Gasteiger partial charge in [-0.25, -0.2) is 12.7 Å². The summed E-state index contributed by atoms with van der Waals surface area (Å²) in [6.45, 7) is 5.10. The molecule has 1 aliphatic rings. The minimum Gasteiger partial charge on any atom is -0.356 e. The molecule has 6 heteroatoms. The number of nitrogens with one attached hydrogen (secondary N) is 1. The summed E-state index contributed by atoms with van der Waals surface area (Å²) in [5.41, 5.74) is 0. The van der Waals surface area contributed by atoms with E-state index >= 15 is 0 Å². The number of carbonyl (C=O) groups excluding carboxylic acids is 1. The van der Waals surface area contributed by atoms with Gasteiger partial charge in [0.25, 0.3) is 0 Å². The second-order valence-electron chi connectivity index (χ2n) is 3.97. The van der Waals surface area contributed by atoms with Crippen LogP contribution in [0.15, 0.2) is 0 Å². The first-order valence-corrected chi connectivity index (χ1v) is 7.37. The van der Waals surface area contributed by atoms with Crippen molar-refractivity contribution in [3.8, 4) is 0 Å². The summed E-state index contributed by atoms with van der Waals surface area (Å²) in [4.78, 5) is 11.5. The Hall–Kier alpha value is -0.620. The fraction of sp³-hybridized carbons (Fsp3) is 0.900. The Morgan fingerprint density at radius 1 is 1.31 bits per heavy atom. The summed E-state index contributed by atoms with van der Waals surface area (Å²) in [5, 5.41) is 2.78. The molecule has 0 radical (unpaired) electrons. The Labute approximate surface area is 97.2 Å². The van der Waals surface area contributed by atoms with Crippen molar-refractivity contribution in [2.24, 2.45) is 5.92 Å². The molecular weight excluding hydrogens is 228 g/mol. The van der Waals surface area contributed by atoms with Crippen LogP contribution in [0.4, 0.5) is 0 Å². The molecule has 0 spiro atoms. The summed E-state index contributed by atoms with van der Waals surface area (Å²) >= 11 is 0. The second-order valence-corrected chi connectivity index (χ2v) is 6.23. The van der Waals surface area contributed by atoms with Crippen LogP contribution >= 0.6 is 0 Å². The zero-order chi connectivity index (χ0) is 12.2. The molecule has 0 aromatic heterocycles. The second kappa shape index (κ2) is 5.63. The molecule has 1 saturated heterocycles. The molecule has 1 rings (SSSR count). The van der Waals surface area contributed by atoms with Gasteiger partial charge in [-0.3, -0.25) is 4.79 Å². The zero-order valence-electron chi connectivity index (χ0n) is 9.90. The predicted octanol–water partition coefficient (Wildman–Crippen LogP) is 0.184. The van der Waals surface area contributed by atoms with E-state index < -0.39 is 10.0 Å². The zero-order valence-corrected chi connectivity index (χ0v) is 10.7. The molecule has 0 aromatic rings. The Balaban J connectivity index is 2.49. The minimum atomic E-state index is -3.08. The van der Waals surface area contributed by atoms with Gasteiger partial charge in [-0.05, 0) is 26.7 Å². The number of rotatable bonds is 4. The van der Waals surface area contributed by atoms with Crippen LogP contribution in [0.1, 0.15) is 26.7 Å². The van der Waals surface area contributed by atoms with Crippen LogP contribution in [0.25, 0.3) is 0 Å². The number of nitrogens with zero attached hydrogens (tertiary/aromatic N) is 1. The molecule has 1 amide bonds. The van der Waals surface area contributed by atoms with Crippen LogP contribution in [0.2, 0.25) is 0 Å². The van der Waals surface area contributed by atoms with Gasteiger partial charge in [-0.1, -0.05) is 0 Å². The average Bonchev–Trinajstić information content (AvgIpc) is 2.29. The SMILES string of the molecule is CCNC(=O)C1CCN(S(=O)(=O)CC)CC1. The Morgan fingerprint density at radius 3 is 2.31 bits per heavy atom. The third-order valence-electron chi connectivity index (χ3n) is 2.93. The third-order valence-corrected chi connectivity index (χ3v) is 4.82. The van der Waals surface area contributed by atoms with Gasteiger partial charge in [-0.15, -0.1) is 0 Å². The van der Waals surface area contributed by atoms with E-state index in [2.05, 4.69) is 5.32 Å².